The summed E-state index contributed by atoms with van der Waals surface area (Å²) in [5.41, 5.74) is -0.698. The first kappa shape index (κ1) is 6.49. The Labute approximate surface area is 55.7 Å². The first-order valence-corrected chi connectivity index (χ1v) is 2.52. The van der Waals surface area contributed by atoms with Gasteiger partial charge in [0.05, 0.1) is 5.56 Å². The lowest BCUT2D eigenvalue weighted by atomic mass is 10.3. The molecule has 4 heteroatoms. The smallest absolute Gasteiger partial charge is 0.284 e. The van der Waals surface area contributed by atoms with Crippen LogP contribution in [0.1, 0.15) is 5.56 Å². The summed E-state index contributed by atoms with van der Waals surface area (Å²) >= 11 is 0. The molecule has 1 rings (SSSR count). The van der Waals surface area contributed by atoms with Crippen LogP contribution in [0.25, 0.3) is 0 Å². The molecule has 0 saturated heterocycles. The minimum atomic E-state index is -0.931. The predicted octanol–water partition coefficient (Wildman–Crippen LogP) is 0.386. The van der Waals surface area contributed by atoms with Gasteiger partial charge in [-0.15, -0.1) is 0 Å². The van der Waals surface area contributed by atoms with Crippen LogP contribution in [0.15, 0.2) is 17.1 Å². The number of nitrogens with zero attached hydrogens (tertiary/aromatic N) is 1. The Kier molecular flexibility index (Phi) is 1.50. The number of rotatable bonds is 0. The molecule has 1 aromatic rings. The first-order valence-electron chi connectivity index (χ1n) is 2.52. The molecule has 0 bridgehead atoms. The summed E-state index contributed by atoms with van der Waals surface area (Å²) in [5.74, 6) is -0.931. The van der Waals surface area contributed by atoms with E-state index < -0.39 is 11.4 Å². The summed E-state index contributed by atoms with van der Waals surface area (Å²) in [4.78, 5) is 12.4. The molecule has 0 amide bonds. The van der Waals surface area contributed by atoms with Crippen LogP contribution in [-0.4, -0.2) is 4.98 Å². The van der Waals surface area contributed by atoms with Crippen LogP contribution in [0.5, 0.6) is 0 Å². The first-order chi connectivity index (χ1) is 4.74. The molecule has 0 radical (unpaired) electrons. The number of hydrogen-bond acceptors (Lipinski definition) is 2. The molecule has 0 aliphatic rings. The molecule has 10 heavy (non-hydrogen) atoms. The highest BCUT2D eigenvalue weighted by molar-refractivity contribution is 5.24. The molecule has 1 heterocycles. The number of aromatic nitrogens is 1. The minimum Gasteiger partial charge on any atom is -0.325 e. The number of H-pyrrole nitrogens is 1. The Bertz CT molecular complexity index is 336. The van der Waals surface area contributed by atoms with E-state index in [1.165, 1.54) is 0 Å². The molecule has 0 aliphatic heterocycles. The summed E-state index contributed by atoms with van der Waals surface area (Å²) in [6, 6.07) is 2.57. The van der Waals surface area contributed by atoms with Crippen molar-refractivity contribution in [1.82, 2.24) is 4.98 Å². The van der Waals surface area contributed by atoms with Crippen LogP contribution < -0.4 is 5.56 Å². The van der Waals surface area contributed by atoms with Gasteiger partial charge in [-0.1, -0.05) is 0 Å². The van der Waals surface area contributed by atoms with Gasteiger partial charge < -0.3 is 4.98 Å². The van der Waals surface area contributed by atoms with Gasteiger partial charge in [0.1, 0.15) is 6.07 Å². The summed E-state index contributed by atoms with van der Waals surface area (Å²) in [5, 5.41) is 8.21. The van der Waals surface area contributed by atoms with Gasteiger partial charge in [0.2, 0.25) is 0 Å². The topological polar surface area (TPSA) is 56.6 Å². The normalized spacial score (nSPS) is 8.80. The van der Waals surface area contributed by atoms with Crippen molar-refractivity contribution >= 4 is 0 Å². The van der Waals surface area contributed by atoms with Crippen molar-refractivity contribution < 1.29 is 4.39 Å². The third kappa shape index (κ3) is 1.03. The Morgan fingerprint density at radius 2 is 2.40 bits per heavy atom. The second kappa shape index (κ2) is 2.31. The molecule has 0 saturated carbocycles. The van der Waals surface area contributed by atoms with Crippen molar-refractivity contribution in [3.8, 4) is 6.07 Å². The zero-order valence-electron chi connectivity index (χ0n) is 4.89. The van der Waals surface area contributed by atoms with E-state index in [0.29, 0.717) is 0 Å². The maximum absolute atomic E-state index is 12.3. The average Bonchev–Trinajstić information content (AvgIpc) is 1.95. The van der Waals surface area contributed by atoms with E-state index in [-0.39, 0.29) is 5.56 Å². The molecule has 0 aliphatic carbocycles. The maximum Gasteiger partial charge on any atom is 0.284 e. The third-order valence-corrected chi connectivity index (χ3v) is 0.987. The highest BCUT2D eigenvalue weighted by atomic mass is 19.1. The molecule has 0 aromatic carbocycles. The quantitative estimate of drug-likeness (QED) is 0.563. The second-order valence-corrected chi connectivity index (χ2v) is 1.68. The molecule has 50 valence electrons. The molecule has 0 spiro atoms. The predicted molar refractivity (Wildman–Crippen MR) is 31.7 cm³/mol. The van der Waals surface area contributed by atoms with Gasteiger partial charge in [0.15, 0.2) is 5.82 Å². The fourth-order valence-corrected chi connectivity index (χ4v) is 0.521. The molecule has 0 fully saturated rings. The summed E-state index contributed by atoms with van der Waals surface area (Å²) < 4.78 is 12.3. The Morgan fingerprint density at radius 3 is 2.90 bits per heavy atom. The lowest BCUT2D eigenvalue weighted by Crippen LogP contribution is -2.09. The average molecular weight is 138 g/mol. The van der Waals surface area contributed by atoms with Gasteiger partial charge in [-0.2, -0.15) is 5.26 Å². The van der Waals surface area contributed by atoms with E-state index in [9.17, 15) is 9.18 Å². The van der Waals surface area contributed by atoms with E-state index in [1.54, 1.807) is 6.07 Å². The van der Waals surface area contributed by atoms with Crippen molar-refractivity contribution in [3.05, 3.63) is 34.0 Å². The van der Waals surface area contributed by atoms with Crippen LogP contribution in [-0.2, 0) is 0 Å². The summed E-state index contributed by atoms with van der Waals surface area (Å²) in [7, 11) is 0. The minimum absolute atomic E-state index is 0.108. The van der Waals surface area contributed by atoms with E-state index in [4.69, 9.17) is 5.26 Å². The van der Waals surface area contributed by atoms with Crippen molar-refractivity contribution in [2.45, 2.75) is 0 Å². The van der Waals surface area contributed by atoms with Crippen molar-refractivity contribution in [2.24, 2.45) is 0 Å². The number of nitrogens with one attached hydrogen (secondary N) is 1. The van der Waals surface area contributed by atoms with E-state index in [1.807, 2.05) is 0 Å². The highest BCUT2D eigenvalue weighted by Gasteiger charge is 1.97. The van der Waals surface area contributed by atoms with Gasteiger partial charge in [-0.25, -0.2) is 4.39 Å². The lowest BCUT2D eigenvalue weighted by Gasteiger charge is -1.85. The van der Waals surface area contributed by atoms with E-state index >= 15 is 0 Å². The van der Waals surface area contributed by atoms with Gasteiger partial charge in [0, 0.05) is 6.20 Å². The third-order valence-electron chi connectivity index (χ3n) is 0.987. The standard InChI is InChI=1S/C6H3FN2O/c7-5-1-4(2-8)3-9-6(5)10/h1,3H,(H,9,10). The number of pyridine rings is 1. The molecule has 3 nitrogen and oxygen atoms in total. The zero-order valence-corrected chi connectivity index (χ0v) is 4.89. The Morgan fingerprint density at radius 1 is 1.70 bits per heavy atom. The van der Waals surface area contributed by atoms with Crippen LogP contribution in [0.3, 0.4) is 0 Å². The summed E-state index contributed by atoms with van der Waals surface area (Å²) in [6.07, 6.45) is 1.16. The van der Waals surface area contributed by atoms with Crippen molar-refractivity contribution in [1.29, 1.82) is 5.26 Å². The lowest BCUT2D eigenvalue weighted by molar-refractivity contribution is 0.608. The second-order valence-electron chi connectivity index (χ2n) is 1.68. The van der Waals surface area contributed by atoms with Crippen molar-refractivity contribution in [2.75, 3.05) is 0 Å². The maximum atomic E-state index is 12.3. The van der Waals surface area contributed by atoms with Crippen LogP contribution >= 0.6 is 0 Å². The Hall–Kier alpha value is -1.63. The molecular formula is C6H3FN2O. The largest absolute Gasteiger partial charge is 0.325 e. The van der Waals surface area contributed by atoms with Crippen molar-refractivity contribution in [3.63, 3.8) is 0 Å². The number of hydrogen-bond donors (Lipinski definition) is 1. The Balaban J connectivity index is 3.34. The molecular weight excluding hydrogens is 135 g/mol. The fourth-order valence-electron chi connectivity index (χ4n) is 0.521. The zero-order chi connectivity index (χ0) is 7.56. The van der Waals surface area contributed by atoms with Gasteiger partial charge in [-0.3, -0.25) is 4.79 Å². The van der Waals surface area contributed by atoms with Gasteiger partial charge >= 0.3 is 0 Å². The van der Waals surface area contributed by atoms with E-state index in [0.717, 1.165) is 12.3 Å². The van der Waals surface area contributed by atoms with E-state index in [2.05, 4.69) is 4.98 Å². The van der Waals surface area contributed by atoms with Crippen LogP contribution in [0.4, 0.5) is 4.39 Å². The molecule has 1 aromatic heterocycles. The van der Waals surface area contributed by atoms with Gasteiger partial charge in [0.25, 0.3) is 5.56 Å². The molecule has 1 N–H and O–H groups in total. The molecule has 0 unspecified atom stereocenters. The van der Waals surface area contributed by atoms with Gasteiger partial charge in [-0.05, 0) is 6.07 Å². The van der Waals surface area contributed by atoms with Crippen LogP contribution in [0, 0.1) is 17.1 Å². The monoisotopic (exact) mass is 138 g/mol. The SMILES string of the molecule is N#Cc1c[nH]c(=O)c(F)c1. The highest BCUT2D eigenvalue weighted by Crippen LogP contribution is 1.92. The van der Waals surface area contributed by atoms with Crippen LogP contribution in [0.2, 0.25) is 0 Å². The fraction of sp³-hybridized carbons (Fsp3) is 0. The number of nitriles is 1. The number of halogens is 1. The summed E-state index contributed by atoms with van der Waals surface area (Å²) in [6.45, 7) is 0. The molecule has 0 atom stereocenters. The number of aromatic amines is 1.